The van der Waals surface area contributed by atoms with Crippen molar-refractivity contribution in [3.63, 3.8) is 0 Å². The Morgan fingerprint density at radius 2 is 1.79 bits per heavy atom. The van der Waals surface area contributed by atoms with Gasteiger partial charge in [0, 0.05) is 24.9 Å². The molecule has 4 rings (SSSR count). The van der Waals surface area contributed by atoms with Crippen molar-refractivity contribution in [2.45, 2.75) is 30.7 Å². The highest BCUT2D eigenvalue weighted by Gasteiger charge is 2.28. The summed E-state index contributed by atoms with van der Waals surface area (Å²) in [5.41, 5.74) is 3.23. The summed E-state index contributed by atoms with van der Waals surface area (Å²) in [6.07, 6.45) is 2.19. The van der Waals surface area contributed by atoms with E-state index >= 15 is 0 Å². The second-order valence-electron chi connectivity index (χ2n) is 7.45. The molecule has 2 aromatic carbocycles. The molecule has 28 heavy (non-hydrogen) atoms. The SMILES string of the molecule is Cc1ccc(-c2nnc([C@H]3CCN(Cc4ccc(S(C)(=O)=O)cc4)C3)o2)cc1. The van der Waals surface area contributed by atoms with E-state index in [2.05, 4.69) is 15.1 Å². The molecule has 2 heterocycles. The van der Waals surface area contributed by atoms with Crippen LogP contribution in [0.15, 0.2) is 57.8 Å². The number of rotatable bonds is 5. The largest absolute Gasteiger partial charge is 0.420 e. The molecule has 1 atom stereocenters. The van der Waals surface area contributed by atoms with Crippen molar-refractivity contribution in [3.8, 4) is 11.5 Å². The van der Waals surface area contributed by atoms with E-state index in [4.69, 9.17) is 4.42 Å². The molecule has 0 bridgehead atoms. The van der Waals surface area contributed by atoms with E-state index in [9.17, 15) is 8.42 Å². The van der Waals surface area contributed by atoms with Crippen LogP contribution in [0, 0.1) is 6.92 Å². The van der Waals surface area contributed by atoms with Crippen molar-refractivity contribution in [3.05, 3.63) is 65.5 Å². The van der Waals surface area contributed by atoms with Gasteiger partial charge in [-0.1, -0.05) is 29.8 Å². The zero-order chi connectivity index (χ0) is 19.7. The summed E-state index contributed by atoms with van der Waals surface area (Å²) in [7, 11) is -3.16. The summed E-state index contributed by atoms with van der Waals surface area (Å²) in [6, 6.07) is 15.2. The standard InChI is InChI=1S/C21H23N3O3S/c1-15-3-7-17(8-4-15)20-22-23-21(27-20)18-11-12-24(14-18)13-16-5-9-19(10-6-16)28(2,25)26/h3-10,18H,11-14H2,1-2H3/t18-/m0/s1. The zero-order valence-electron chi connectivity index (χ0n) is 16.0. The fraction of sp³-hybridized carbons (Fsp3) is 0.333. The molecule has 1 aliphatic rings. The maximum absolute atomic E-state index is 11.6. The van der Waals surface area contributed by atoms with Crippen LogP contribution < -0.4 is 0 Å². The molecule has 1 aromatic heterocycles. The zero-order valence-corrected chi connectivity index (χ0v) is 16.8. The predicted molar refractivity (Wildman–Crippen MR) is 107 cm³/mol. The molecule has 0 saturated carbocycles. The first-order valence-electron chi connectivity index (χ1n) is 9.30. The highest BCUT2D eigenvalue weighted by Crippen LogP contribution is 2.29. The Morgan fingerprint density at radius 3 is 2.46 bits per heavy atom. The van der Waals surface area contributed by atoms with E-state index in [0.29, 0.717) is 16.7 Å². The van der Waals surface area contributed by atoms with Gasteiger partial charge in [0.05, 0.1) is 10.8 Å². The van der Waals surface area contributed by atoms with Crippen molar-refractivity contribution in [1.82, 2.24) is 15.1 Å². The van der Waals surface area contributed by atoms with Crippen molar-refractivity contribution in [2.75, 3.05) is 19.3 Å². The van der Waals surface area contributed by atoms with Crippen LogP contribution in [-0.2, 0) is 16.4 Å². The molecule has 7 heteroatoms. The van der Waals surface area contributed by atoms with Gasteiger partial charge in [0.2, 0.25) is 11.8 Å². The van der Waals surface area contributed by atoms with Gasteiger partial charge in [-0.3, -0.25) is 4.90 Å². The smallest absolute Gasteiger partial charge is 0.247 e. The lowest BCUT2D eigenvalue weighted by atomic mass is 10.1. The molecular formula is C21H23N3O3S. The normalized spacial score (nSPS) is 17.9. The van der Waals surface area contributed by atoms with Crippen LogP contribution in [0.1, 0.15) is 29.4 Å². The minimum absolute atomic E-state index is 0.224. The van der Waals surface area contributed by atoms with Crippen molar-refractivity contribution in [2.24, 2.45) is 0 Å². The lowest BCUT2D eigenvalue weighted by molar-refractivity contribution is 0.320. The molecule has 1 aliphatic heterocycles. The molecule has 0 unspecified atom stereocenters. The van der Waals surface area contributed by atoms with Gasteiger partial charge in [-0.05, 0) is 49.7 Å². The highest BCUT2D eigenvalue weighted by atomic mass is 32.2. The number of benzene rings is 2. The molecule has 0 amide bonds. The lowest BCUT2D eigenvalue weighted by Gasteiger charge is -2.15. The fourth-order valence-corrected chi connectivity index (χ4v) is 4.12. The molecule has 146 valence electrons. The summed E-state index contributed by atoms with van der Waals surface area (Å²) >= 11 is 0. The summed E-state index contributed by atoms with van der Waals surface area (Å²) in [6.45, 7) is 4.62. The van der Waals surface area contributed by atoms with Gasteiger partial charge in [0.15, 0.2) is 9.84 Å². The van der Waals surface area contributed by atoms with Gasteiger partial charge in [-0.15, -0.1) is 10.2 Å². The highest BCUT2D eigenvalue weighted by molar-refractivity contribution is 7.90. The minimum atomic E-state index is -3.16. The first kappa shape index (κ1) is 18.8. The minimum Gasteiger partial charge on any atom is -0.420 e. The average molecular weight is 398 g/mol. The molecular weight excluding hydrogens is 374 g/mol. The molecule has 1 saturated heterocycles. The Kier molecular flexibility index (Phi) is 5.03. The number of sulfone groups is 1. The van der Waals surface area contributed by atoms with Crippen LogP contribution in [-0.4, -0.2) is 42.9 Å². The first-order valence-corrected chi connectivity index (χ1v) is 11.2. The Bertz CT molecular complexity index is 1060. The number of hydrogen-bond donors (Lipinski definition) is 0. The van der Waals surface area contributed by atoms with Gasteiger partial charge in [-0.2, -0.15) is 0 Å². The topological polar surface area (TPSA) is 76.3 Å². The summed E-state index contributed by atoms with van der Waals surface area (Å²) in [5.74, 6) is 1.47. The Labute approximate surface area is 165 Å². The third kappa shape index (κ3) is 4.15. The number of aromatic nitrogens is 2. The number of likely N-dealkylation sites (tertiary alicyclic amines) is 1. The van der Waals surface area contributed by atoms with Crippen LogP contribution in [0.3, 0.4) is 0 Å². The Hall–Kier alpha value is -2.51. The predicted octanol–water partition coefficient (Wildman–Crippen LogP) is 3.44. The van der Waals surface area contributed by atoms with E-state index in [1.165, 1.54) is 11.8 Å². The van der Waals surface area contributed by atoms with Crippen molar-refractivity contribution < 1.29 is 12.8 Å². The van der Waals surface area contributed by atoms with Crippen LogP contribution >= 0.6 is 0 Å². The first-order chi connectivity index (χ1) is 13.4. The lowest BCUT2D eigenvalue weighted by Crippen LogP contribution is -2.19. The third-order valence-corrected chi connectivity index (χ3v) is 6.25. The van der Waals surface area contributed by atoms with Crippen LogP contribution in [0.2, 0.25) is 0 Å². The van der Waals surface area contributed by atoms with Gasteiger partial charge in [0.25, 0.3) is 0 Å². The molecule has 0 N–H and O–H groups in total. The molecule has 6 nitrogen and oxygen atoms in total. The summed E-state index contributed by atoms with van der Waals surface area (Å²) in [4.78, 5) is 2.68. The second-order valence-corrected chi connectivity index (χ2v) is 9.46. The van der Waals surface area contributed by atoms with E-state index in [1.807, 2.05) is 43.3 Å². The summed E-state index contributed by atoms with van der Waals surface area (Å²) < 4.78 is 29.1. The van der Waals surface area contributed by atoms with Crippen LogP contribution in [0.5, 0.6) is 0 Å². The number of aryl methyl sites for hydroxylation is 1. The molecule has 1 fully saturated rings. The molecule has 0 radical (unpaired) electrons. The van der Waals surface area contributed by atoms with Crippen LogP contribution in [0.4, 0.5) is 0 Å². The van der Waals surface area contributed by atoms with Crippen molar-refractivity contribution >= 4 is 9.84 Å². The maximum Gasteiger partial charge on any atom is 0.247 e. The number of hydrogen-bond acceptors (Lipinski definition) is 6. The summed E-state index contributed by atoms with van der Waals surface area (Å²) in [5, 5.41) is 8.48. The quantitative estimate of drug-likeness (QED) is 0.656. The van der Waals surface area contributed by atoms with Crippen molar-refractivity contribution in [1.29, 1.82) is 0 Å². The molecule has 0 aliphatic carbocycles. The van der Waals surface area contributed by atoms with Gasteiger partial charge >= 0.3 is 0 Å². The monoisotopic (exact) mass is 397 g/mol. The van der Waals surface area contributed by atoms with Crippen LogP contribution in [0.25, 0.3) is 11.5 Å². The van der Waals surface area contributed by atoms with E-state index < -0.39 is 9.84 Å². The third-order valence-electron chi connectivity index (χ3n) is 5.12. The van der Waals surface area contributed by atoms with Gasteiger partial charge < -0.3 is 4.42 Å². The van der Waals surface area contributed by atoms with E-state index in [1.54, 1.807) is 12.1 Å². The molecule has 3 aromatic rings. The van der Waals surface area contributed by atoms with E-state index in [-0.39, 0.29) is 5.92 Å². The maximum atomic E-state index is 11.6. The van der Waals surface area contributed by atoms with Gasteiger partial charge in [0.1, 0.15) is 0 Å². The Morgan fingerprint density at radius 1 is 1.07 bits per heavy atom. The number of nitrogens with zero attached hydrogens (tertiary/aromatic N) is 3. The second kappa shape index (κ2) is 7.48. The Balaban J connectivity index is 1.40. The van der Waals surface area contributed by atoms with Gasteiger partial charge in [-0.25, -0.2) is 8.42 Å². The van der Waals surface area contributed by atoms with E-state index in [0.717, 1.165) is 37.2 Å². The average Bonchev–Trinajstić information content (AvgIpc) is 3.31. The fourth-order valence-electron chi connectivity index (χ4n) is 3.49. The molecule has 0 spiro atoms.